The molecule has 30 heavy (non-hydrogen) atoms. The zero-order valence-electron chi connectivity index (χ0n) is 17.6. The molecule has 2 aliphatic heterocycles. The van der Waals surface area contributed by atoms with E-state index in [4.69, 9.17) is 21.0 Å². The summed E-state index contributed by atoms with van der Waals surface area (Å²) < 4.78 is 11.0. The van der Waals surface area contributed by atoms with Gasteiger partial charge in [-0.2, -0.15) is 0 Å². The average molecular weight is 423 g/mol. The highest BCUT2D eigenvalue weighted by molar-refractivity contribution is 5.80. The van der Waals surface area contributed by atoms with Crippen LogP contribution in [0.3, 0.4) is 0 Å². The van der Waals surface area contributed by atoms with Gasteiger partial charge in [-0.3, -0.25) is 9.59 Å². The normalized spacial score (nSPS) is 24.2. The largest absolute Gasteiger partial charge is 0.481 e. The van der Waals surface area contributed by atoms with E-state index in [9.17, 15) is 14.4 Å². The van der Waals surface area contributed by atoms with E-state index in [2.05, 4.69) is 16.6 Å². The fourth-order valence-electron chi connectivity index (χ4n) is 4.41. The fraction of sp³-hybridized carbons (Fsp3) is 0.773. The number of carboxylic acids is 1. The van der Waals surface area contributed by atoms with E-state index >= 15 is 0 Å². The lowest BCUT2D eigenvalue weighted by atomic mass is 9.76. The molecule has 0 aromatic carbocycles. The molecule has 0 saturated carbocycles. The zero-order chi connectivity index (χ0) is 21.8. The molecule has 2 amide bonds. The summed E-state index contributed by atoms with van der Waals surface area (Å²) in [6.07, 6.45) is 13.3. The monoisotopic (exact) mass is 422 g/mol. The number of carbonyl (C=O) groups excluding carboxylic acids is 2. The predicted octanol–water partition coefficient (Wildman–Crippen LogP) is 2.46. The molecule has 2 aliphatic rings. The van der Waals surface area contributed by atoms with Crippen molar-refractivity contribution in [2.45, 2.75) is 76.4 Å². The SMILES string of the molecule is C#CCCCNC(=O)OCC(=O)NCC1C2CCC(O2)C1CCCCCCC(=O)O. The molecule has 0 aromatic heterocycles. The molecule has 2 rings (SSSR count). The molecule has 2 bridgehead atoms. The highest BCUT2D eigenvalue weighted by Crippen LogP contribution is 2.45. The van der Waals surface area contributed by atoms with E-state index in [-0.39, 0.29) is 37.1 Å². The number of ether oxygens (including phenoxy) is 2. The maximum absolute atomic E-state index is 12.0. The maximum atomic E-state index is 12.0. The molecule has 3 N–H and O–H groups in total. The van der Waals surface area contributed by atoms with E-state index in [1.807, 2.05) is 0 Å². The van der Waals surface area contributed by atoms with Crippen molar-refractivity contribution in [3.8, 4) is 12.3 Å². The smallest absolute Gasteiger partial charge is 0.407 e. The van der Waals surface area contributed by atoms with Crippen LogP contribution in [-0.4, -0.2) is 55.0 Å². The van der Waals surface area contributed by atoms with Crippen LogP contribution in [0.4, 0.5) is 4.79 Å². The Hall–Kier alpha value is -2.27. The van der Waals surface area contributed by atoms with Crippen molar-refractivity contribution >= 4 is 18.0 Å². The quantitative estimate of drug-likeness (QED) is 0.293. The lowest BCUT2D eigenvalue weighted by molar-refractivity contribution is -0.137. The summed E-state index contributed by atoms with van der Waals surface area (Å²) in [5.74, 6) is 2.14. The van der Waals surface area contributed by atoms with Crippen LogP contribution in [0.1, 0.15) is 64.2 Å². The molecule has 4 unspecified atom stereocenters. The van der Waals surface area contributed by atoms with Gasteiger partial charge in [0.1, 0.15) is 0 Å². The van der Waals surface area contributed by atoms with Crippen molar-refractivity contribution in [1.82, 2.24) is 10.6 Å². The van der Waals surface area contributed by atoms with Crippen LogP contribution in [0.2, 0.25) is 0 Å². The van der Waals surface area contributed by atoms with Gasteiger partial charge in [-0.1, -0.05) is 19.3 Å². The lowest BCUT2D eigenvalue weighted by Gasteiger charge is -2.28. The number of terminal acetylenes is 1. The summed E-state index contributed by atoms with van der Waals surface area (Å²) in [5, 5.41) is 14.1. The fourth-order valence-corrected chi connectivity index (χ4v) is 4.41. The Morgan fingerprint density at radius 1 is 1.03 bits per heavy atom. The van der Waals surface area contributed by atoms with Gasteiger partial charge in [0.25, 0.3) is 5.91 Å². The van der Waals surface area contributed by atoms with Gasteiger partial charge in [0.05, 0.1) is 12.2 Å². The minimum absolute atomic E-state index is 0.188. The minimum Gasteiger partial charge on any atom is -0.481 e. The molecule has 8 nitrogen and oxygen atoms in total. The second kappa shape index (κ2) is 13.1. The first kappa shape index (κ1) is 24.0. The number of amides is 2. The van der Waals surface area contributed by atoms with Crippen molar-refractivity contribution < 1.29 is 29.0 Å². The van der Waals surface area contributed by atoms with Crippen LogP contribution in [0, 0.1) is 24.2 Å². The van der Waals surface area contributed by atoms with E-state index in [1.54, 1.807) is 0 Å². The molecule has 4 atom stereocenters. The summed E-state index contributed by atoms with van der Waals surface area (Å²) in [6.45, 7) is 0.638. The summed E-state index contributed by atoms with van der Waals surface area (Å²) in [6, 6.07) is 0. The Labute approximate surface area is 178 Å². The average Bonchev–Trinajstić information content (AvgIpc) is 3.32. The predicted molar refractivity (Wildman–Crippen MR) is 111 cm³/mol. The molecule has 168 valence electrons. The number of fused-ring (bicyclic) bond motifs is 2. The van der Waals surface area contributed by atoms with Crippen LogP contribution in [-0.2, 0) is 19.1 Å². The Morgan fingerprint density at radius 3 is 2.50 bits per heavy atom. The Morgan fingerprint density at radius 2 is 1.77 bits per heavy atom. The molecule has 2 saturated heterocycles. The standard InChI is InChI=1S/C22H34N2O6/c1-2-3-8-13-23-22(28)29-15-20(25)24-14-17-16(18-11-12-19(17)30-18)9-6-4-5-7-10-21(26)27/h1,16-19H,3-15H2,(H,23,28)(H,24,25)(H,26,27). The number of aliphatic carboxylic acids is 1. The number of carbonyl (C=O) groups is 3. The molecule has 2 fully saturated rings. The van der Waals surface area contributed by atoms with E-state index < -0.39 is 12.1 Å². The van der Waals surface area contributed by atoms with Gasteiger partial charge in [0.2, 0.25) is 0 Å². The van der Waals surface area contributed by atoms with E-state index in [0.29, 0.717) is 31.8 Å². The number of unbranched alkanes of at least 4 members (excludes halogenated alkanes) is 4. The Balaban J connectivity index is 1.62. The van der Waals surface area contributed by atoms with Gasteiger partial charge in [0, 0.05) is 31.8 Å². The highest BCUT2D eigenvalue weighted by atomic mass is 16.6. The van der Waals surface area contributed by atoms with Crippen molar-refractivity contribution in [3.05, 3.63) is 0 Å². The summed E-state index contributed by atoms with van der Waals surface area (Å²) in [4.78, 5) is 34.2. The van der Waals surface area contributed by atoms with Crippen molar-refractivity contribution in [2.24, 2.45) is 11.8 Å². The van der Waals surface area contributed by atoms with Gasteiger partial charge in [-0.25, -0.2) is 4.79 Å². The van der Waals surface area contributed by atoms with Crippen LogP contribution in [0.25, 0.3) is 0 Å². The number of rotatable bonds is 14. The first-order chi connectivity index (χ1) is 14.5. The van der Waals surface area contributed by atoms with Gasteiger partial charge < -0.3 is 25.2 Å². The molecule has 2 heterocycles. The minimum atomic E-state index is -0.738. The van der Waals surface area contributed by atoms with Crippen molar-refractivity contribution in [3.63, 3.8) is 0 Å². The number of nitrogens with one attached hydrogen (secondary N) is 2. The Bertz CT molecular complexity index is 617. The zero-order valence-corrected chi connectivity index (χ0v) is 17.6. The summed E-state index contributed by atoms with van der Waals surface area (Å²) in [5.41, 5.74) is 0. The molecule has 8 heteroatoms. The van der Waals surface area contributed by atoms with Crippen LogP contribution < -0.4 is 10.6 Å². The lowest BCUT2D eigenvalue weighted by Crippen LogP contribution is -2.40. The first-order valence-electron chi connectivity index (χ1n) is 11.0. The maximum Gasteiger partial charge on any atom is 0.407 e. The van der Waals surface area contributed by atoms with Crippen LogP contribution in [0.5, 0.6) is 0 Å². The van der Waals surface area contributed by atoms with Gasteiger partial charge >= 0.3 is 12.1 Å². The first-order valence-corrected chi connectivity index (χ1v) is 11.0. The second-order valence-electron chi connectivity index (χ2n) is 8.08. The van der Waals surface area contributed by atoms with Crippen molar-refractivity contribution in [2.75, 3.05) is 19.7 Å². The van der Waals surface area contributed by atoms with Crippen molar-refractivity contribution in [1.29, 1.82) is 0 Å². The van der Waals surface area contributed by atoms with Gasteiger partial charge in [-0.05, 0) is 38.0 Å². The van der Waals surface area contributed by atoms with E-state index in [0.717, 1.165) is 44.9 Å². The van der Waals surface area contributed by atoms with Crippen LogP contribution in [0.15, 0.2) is 0 Å². The molecular formula is C22H34N2O6. The molecular weight excluding hydrogens is 388 g/mol. The number of hydrogen-bond acceptors (Lipinski definition) is 5. The number of alkyl carbamates (subject to hydrolysis) is 1. The number of hydrogen-bond donors (Lipinski definition) is 3. The second-order valence-corrected chi connectivity index (χ2v) is 8.08. The van der Waals surface area contributed by atoms with E-state index in [1.165, 1.54) is 0 Å². The molecule has 0 spiro atoms. The highest BCUT2D eigenvalue weighted by Gasteiger charge is 2.48. The third-order valence-electron chi connectivity index (χ3n) is 5.90. The summed E-state index contributed by atoms with van der Waals surface area (Å²) >= 11 is 0. The Kier molecular flexibility index (Phi) is 10.5. The van der Waals surface area contributed by atoms with Gasteiger partial charge in [-0.15, -0.1) is 12.3 Å². The molecule has 0 aliphatic carbocycles. The summed E-state index contributed by atoms with van der Waals surface area (Å²) in [7, 11) is 0. The third-order valence-corrected chi connectivity index (χ3v) is 5.90. The number of carboxylic acid groups (broad SMARTS) is 1. The third kappa shape index (κ3) is 8.23. The molecule has 0 aromatic rings. The van der Waals surface area contributed by atoms with Crippen LogP contribution >= 0.6 is 0 Å². The topological polar surface area (TPSA) is 114 Å². The van der Waals surface area contributed by atoms with Gasteiger partial charge in [0.15, 0.2) is 6.61 Å². The molecule has 0 radical (unpaired) electrons.